The lowest BCUT2D eigenvalue weighted by atomic mass is 9.90. The molecule has 1 aliphatic carbocycles. The quantitative estimate of drug-likeness (QED) is 0.750. The molecule has 6 heteroatoms. The number of piperidine rings is 1. The Balaban J connectivity index is 1.33. The highest BCUT2D eigenvalue weighted by atomic mass is 32.1. The van der Waals surface area contributed by atoms with Gasteiger partial charge in [-0.15, -0.1) is 11.3 Å². The fourth-order valence-corrected chi connectivity index (χ4v) is 4.89. The highest BCUT2D eigenvalue weighted by molar-refractivity contribution is 7.15. The van der Waals surface area contributed by atoms with E-state index in [0.717, 1.165) is 28.3 Å². The van der Waals surface area contributed by atoms with Crippen molar-refractivity contribution in [1.29, 1.82) is 0 Å². The maximum Gasteiger partial charge on any atom is 0.188 e. The summed E-state index contributed by atoms with van der Waals surface area (Å²) in [6.07, 6.45) is 14.6. The molecule has 2 aromatic heterocycles. The van der Waals surface area contributed by atoms with Crippen molar-refractivity contribution in [2.75, 3.05) is 25.0 Å². The molecular weight excluding hydrogens is 354 g/mol. The Morgan fingerprint density at radius 3 is 2.67 bits per heavy atom. The number of allylic oxidation sites excluding steroid dienone is 2. The zero-order valence-corrected chi connectivity index (χ0v) is 17.1. The van der Waals surface area contributed by atoms with Gasteiger partial charge in [0.1, 0.15) is 0 Å². The minimum Gasteiger partial charge on any atom is -0.315 e. The molecule has 3 heterocycles. The van der Waals surface area contributed by atoms with Crippen LogP contribution in [0.2, 0.25) is 0 Å². The Morgan fingerprint density at radius 1 is 1.11 bits per heavy atom. The number of hydrogen-bond donors (Lipinski definition) is 1. The molecule has 1 saturated heterocycles. The van der Waals surface area contributed by atoms with Crippen LogP contribution in [0.3, 0.4) is 0 Å². The van der Waals surface area contributed by atoms with Gasteiger partial charge in [0.05, 0.1) is 17.6 Å². The van der Waals surface area contributed by atoms with E-state index < -0.39 is 0 Å². The van der Waals surface area contributed by atoms with Crippen LogP contribution in [0.25, 0.3) is 0 Å². The molecule has 27 heavy (non-hydrogen) atoms. The second kappa shape index (κ2) is 8.48. The molecule has 0 bridgehead atoms. The van der Waals surface area contributed by atoms with Gasteiger partial charge in [-0.3, -0.25) is 4.98 Å². The van der Waals surface area contributed by atoms with Gasteiger partial charge in [-0.2, -0.15) is 0 Å². The number of likely N-dealkylation sites (tertiary alicyclic amines) is 1. The van der Waals surface area contributed by atoms with Crippen LogP contribution in [0.1, 0.15) is 54.3 Å². The molecule has 144 valence electrons. The first-order chi connectivity index (χ1) is 13.2. The maximum absolute atomic E-state index is 4.84. The molecule has 1 fully saturated rings. The van der Waals surface area contributed by atoms with Gasteiger partial charge in [-0.1, -0.05) is 12.2 Å². The predicted octanol–water partition coefficient (Wildman–Crippen LogP) is 4.83. The minimum absolute atomic E-state index is 0.515. The average Bonchev–Trinajstić information content (AvgIpc) is 3.00. The third kappa shape index (κ3) is 4.74. The van der Waals surface area contributed by atoms with Crippen LogP contribution in [0.4, 0.5) is 10.9 Å². The molecule has 2 aromatic rings. The van der Waals surface area contributed by atoms with E-state index in [1.807, 2.05) is 13.1 Å². The molecule has 1 N–H and O–H groups in total. The molecule has 0 radical (unpaired) electrons. The first kappa shape index (κ1) is 18.6. The zero-order chi connectivity index (χ0) is 18.6. The molecule has 0 saturated carbocycles. The van der Waals surface area contributed by atoms with Gasteiger partial charge in [-0.05, 0) is 65.0 Å². The molecule has 1 atom stereocenters. The molecule has 0 amide bonds. The maximum atomic E-state index is 4.84. The van der Waals surface area contributed by atoms with E-state index in [9.17, 15) is 0 Å². The van der Waals surface area contributed by atoms with Crippen LogP contribution < -0.4 is 5.32 Å². The topological polar surface area (TPSA) is 53.9 Å². The SMILES string of the molecule is Cc1nc(Nc2cncc(C3CCN(C[C@@H]4CC=CCC4)CC3)n2)sc1C. The van der Waals surface area contributed by atoms with Crippen molar-refractivity contribution in [1.82, 2.24) is 19.9 Å². The number of nitrogens with zero attached hydrogens (tertiary/aromatic N) is 4. The van der Waals surface area contributed by atoms with Crippen LogP contribution in [-0.2, 0) is 0 Å². The second-order valence-corrected chi connectivity index (χ2v) is 9.04. The summed E-state index contributed by atoms with van der Waals surface area (Å²) in [4.78, 5) is 17.7. The van der Waals surface area contributed by atoms with Crippen molar-refractivity contribution in [3.05, 3.63) is 40.8 Å². The van der Waals surface area contributed by atoms with Crippen molar-refractivity contribution in [2.45, 2.75) is 51.9 Å². The first-order valence-corrected chi connectivity index (χ1v) is 10.9. The van der Waals surface area contributed by atoms with Crippen molar-refractivity contribution in [3.63, 3.8) is 0 Å². The number of aromatic nitrogens is 3. The average molecular weight is 384 g/mol. The van der Waals surface area contributed by atoms with Gasteiger partial charge in [0, 0.05) is 23.5 Å². The number of thiazole rings is 1. The summed E-state index contributed by atoms with van der Waals surface area (Å²) in [7, 11) is 0. The smallest absolute Gasteiger partial charge is 0.188 e. The molecule has 5 nitrogen and oxygen atoms in total. The van der Waals surface area contributed by atoms with Crippen molar-refractivity contribution >= 4 is 22.3 Å². The van der Waals surface area contributed by atoms with Crippen LogP contribution in [0.5, 0.6) is 0 Å². The fourth-order valence-electron chi connectivity index (χ4n) is 4.07. The fraction of sp³-hybridized carbons (Fsp3) is 0.571. The van der Waals surface area contributed by atoms with E-state index in [0.29, 0.717) is 5.92 Å². The largest absolute Gasteiger partial charge is 0.315 e. The lowest BCUT2D eigenvalue weighted by Crippen LogP contribution is -2.37. The van der Waals surface area contributed by atoms with Crippen LogP contribution in [0, 0.1) is 19.8 Å². The third-order valence-corrected chi connectivity index (χ3v) is 6.80. The molecule has 4 rings (SSSR count). The van der Waals surface area contributed by atoms with Gasteiger partial charge in [0.2, 0.25) is 0 Å². The van der Waals surface area contributed by atoms with Crippen molar-refractivity contribution < 1.29 is 0 Å². The standard InChI is InChI=1S/C21H29N5S/c1-15-16(2)27-21(23-15)25-20-13-22-12-19(24-20)18-8-10-26(11-9-18)14-17-6-4-3-5-7-17/h3-4,12-13,17-18H,5-11,14H2,1-2H3,(H,23,24,25)/t17-/m1/s1. The molecule has 0 aromatic carbocycles. The predicted molar refractivity (Wildman–Crippen MR) is 112 cm³/mol. The number of anilines is 2. The van der Waals surface area contributed by atoms with E-state index in [1.165, 1.54) is 56.6 Å². The van der Waals surface area contributed by atoms with Crippen LogP contribution in [0.15, 0.2) is 24.5 Å². The zero-order valence-electron chi connectivity index (χ0n) is 16.3. The highest BCUT2D eigenvalue weighted by Gasteiger charge is 2.24. The van der Waals surface area contributed by atoms with E-state index in [-0.39, 0.29) is 0 Å². The first-order valence-electron chi connectivity index (χ1n) is 10.1. The monoisotopic (exact) mass is 383 g/mol. The van der Waals surface area contributed by atoms with E-state index in [2.05, 4.69) is 39.3 Å². The van der Waals surface area contributed by atoms with Gasteiger partial charge in [0.15, 0.2) is 10.9 Å². The molecule has 1 aliphatic heterocycles. The summed E-state index contributed by atoms with van der Waals surface area (Å²) in [6, 6.07) is 0. The number of rotatable bonds is 5. The number of nitrogens with one attached hydrogen (secondary N) is 1. The molecular formula is C21H29N5S. The summed E-state index contributed by atoms with van der Waals surface area (Å²) in [6.45, 7) is 7.74. The van der Waals surface area contributed by atoms with Crippen LogP contribution >= 0.6 is 11.3 Å². The van der Waals surface area contributed by atoms with Crippen molar-refractivity contribution in [3.8, 4) is 0 Å². The number of aryl methyl sites for hydroxylation is 2. The summed E-state index contributed by atoms with van der Waals surface area (Å²) < 4.78 is 0. The summed E-state index contributed by atoms with van der Waals surface area (Å²) in [5, 5.41) is 4.22. The number of hydrogen-bond acceptors (Lipinski definition) is 6. The summed E-state index contributed by atoms with van der Waals surface area (Å²) >= 11 is 1.67. The Hall–Kier alpha value is -1.79. The van der Waals surface area contributed by atoms with Gasteiger partial charge < -0.3 is 10.2 Å². The van der Waals surface area contributed by atoms with E-state index >= 15 is 0 Å². The lowest BCUT2D eigenvalue weighted by Gasteiger charge is -2.34. The van der Waals surface area contributed by atoms with Gasteiger partial charge >= 0.3 is 0 Å². The molecule has 2 aliphatic rings. The lowest BCUT2D eigenvalue weighted by molar-refractivity contribution is 0.176. The summed E-state index contributed by atoms with van der Waals surface area (Å²) in [5.74, 6) is 2.17. The van der Waals surface area contributed by atoms with Gasteiger partial charge in [0.25, 0.3) is 0 Å². The molecule has 0 spiro atoms. The third-order valence-electron chi connectivity index (χ3n) is 5.82. The van der Waals surface area contributed by atoms with Crippen LogP contribution in [-0.4, -0.2) is 39.5 Å². The van der Waals surface area contributed by atoms with Crippen molar-refractivity contribution in [2.24, 2.45) is 5.92 Å². The Kier molecular flexibility index (Phi) is 5.83. The highest BCUT2D eigenvalue weighted by Crippen LogP contribution is 2.30. The Morgan fingerprint density at radius 2 is 1.96 bits per heavy atom. The summed E-state index contributed by atoms with van der Waals surface area (Å²) in [5.41, 5.74) is 2.19. The second-order valence-electron chi connectivity index (χ2n) is 7.84. The van der Waals surface area contributed by atoms with E-state index in [4.69, 9.17) is 4.98 Å². The molecule has 0 unspecified atom stereocenters. The Bertz CT molecular complexity index is 772. The minimum atomic E-state index is 0.515. The van der Waals surface area contributed by atoms with Gasteiger partial charge in [-0.25, -0.2) is 9.97 Å². The normalized spacial score (nSPS) is 21.5. The van der Waals surface area contributed by atoms with E-state index in [1.54, 1.807) is 17.5 Å². The Labute approximate surface area is 166 Å².